The zero-order valence-electron chi connectivity index (χ0n) is 11.0. The van der Waals surface area contributed by atoms with Crippen molar-refractivity contribution >= 4 is 11.2 Å². The third-order valence-electron chi connectivity index (χ3n) is 2.93. The Balaban J connectivity index is 1.76. The summed E-state index contributed by atoms with van der Waals surface area (Å²) in [5.41, 5.74) is 1.90. The molecule has 2 heterocycles. The number of halogens is 1. The number of hydrogen-bond donors (Lipinski definition) is 0. The van der Waals surface area contributed by atoms with Crippen LogP contribution in [0.25, 0.3) is 11.2 Å². The van der Waals surface area contributed by atoms with Gasteiger partial charge in [0.2, 0.25) is 11.6 Å². The molecule has 2 aromatic heterocycles. The molecule has 3 rings (SSSR count). The van der Waals surface area contributed by atoms with Crippen LogP contribution in [0.5, 0.6) is 5.75 Å². The van der Waals surface area contributed by atoms with E-state index in [1.165, 1.54) is 11.6 Å². The number of rotatable bonds is 4. The fourth-order valence-corrected chi connectivity index (χ4v) is 1.91. The van der Waals surface area contributed by atoms with Gasteiger partial charge in [0.15, 0.2) is 6.61 Å². The standard InChI is InChI=1S/C15H13FN2O2/c1-2-10-4-3-5-12(6-10)19-9-14-18-13-7-11(16)8-17-15(13)20-14/h3-8H,2,9H2,1H3. The second-order valence-corrected chi connectivity index (χ2v) is 4.38. The molecule has 102 valence electrons. The molecule has 0 saturated heterocycles. The van der Waals surface area contributed by atoms with Gasteiger partial charge >= 0.3 is 0 Å². The molecule has 0 spiro atoms. The summed E-state index contributed by atoms with van der Waals surface area (Å²) in [6.45, 7) is 2.27. The van der Waals surface area contributed by atoms with E-state index in [1.807, 2.05) is 24.3 Å². The maximum absolute atomic E-state index is 13.0. The predicted octanol–water partition coefficient (Wildman–Crippen LogP) is 3.50. The van der Waals surface area contributed by atoms with Crippen molar-refractivity contribution in [3.8, 4) is 5.75 Å². The Morgan fingerprint density at radius 3 is 3.05 bits per heavy atom. The van der Waals surface area contributed by atoms with Crippen LogP contribution in [0.3, 0.4) is 0 Å². The molecule has 0 bridgehead atoms. The summed E-state index contributed by atoms with van der Waals surface area (Å²) in [5.74, 6) is 0.694. The van der Waals surface area contributed by atoms with Crippen molar-refractivity contribution in [3.05, 3.63) is 53.8 Å². The number of pyridine rings is 1. The van der Waals surface area contributed by atoms with Gasteiger partial charge in [-0.15, -0.1) is 0 Å². The molecule has 0 atom stereocenters. The smallest absolute Gasteiger partial charge is 0.247 e. The summed E-state index contributed by atoms with van der Waals surface area (Å²) in [5, 5.41) is 0. The minimum Gasteiger partial charge on any atom is -0.484 e. The highest BCUT2D eigenvalue weighted by Gasteiger charge is 2.08. The van der Waals surface area contributed by atoms with Crippen LogP contribution >= 0.6 is 0 Å². The van der Waals surface area contributed by atoms with Crippen molar-refractivity contribution in [1.82, 2.24) is 9.97 Å². The lowest BCUT2D eigenvalue weighted by Gasteiger charge is -2.04. The van der Waals surface area contributed by atoms with Gasteiger partial charge in [0, 0.05) is 6.07 Å². The highest BCUT2D eigenvalue weighted by molar-refractivity contribution is 5.67. The summed E-state index contributed by atoms with van der Waals surface area (Å²) < 4.78 is 24.0. The van der Waals surface area contributed by atoms with E-state index in [4.69, 9.17) is 9.15 Å². The van der Waals surface area contributed by atoms with E-state index < -0.39 is 5.82 Å². The van der Waals surface area contributed by atoms with Gasteiger partial charge in [-0.1, -0.05) is 19.1 Å². The van der Waals surface area contributed by atoms with Crippen molar-refractivity contribution < 1.29 is 13.5 Å². The molecule has 0 amide bonds. The molecule has 0 fully saturated rings. The Labute approximate surface area is 115 Å². The van der Waals surface area contributed by atoms with Crippen LogP contribution in [0.4, 0.5) is 4.39 Å². The van der Waals surface area contributed by atoms with Gasteiger partial charge in [-0.3, -0.25) is 0 Å². The fourth-order valence-electron chi connectivity index (χ4n) is 1.91. The normalized spacial score (nSPS) is 10.9. The number of aryl methyl sites for hydroxylation is 1. The van der Waals surface area contributed by atoms with Crippen molar-refractivity contribution in [2.24, 2.45) is 0 Å². The van der Waals surface area contributed by atoms with E-state index in [0.717, 1.165) is 18.4 Å². The average molecular weight is 272 g/mol. The van der Waals surface area contributed by atoms with Gasteiger partial charge in [0.1, 0.15) is 17.1 Å². The molecule has 4 nitrogen and oxygen atoms in total. The van der Waals surface area contributed by atoms with E-state index in [9.17, 15) is 4.39 Å². The monoisotopic (exact) mass is 272 g/mol. The molecule has 5 heteroatoms. The van der Waals surface area contributed by atoms with Crippen LogP contribution in [0, 0.1) is 5.82 Å². The molecule has 0 aliphatic heterocycles. The lowest BCUT2D eigenvalue weighted by molar-refractivity contribution is 0.266. The first-order valence-corrected chi connectivity index (χ1v) is 6.37. The molecule has 0 N–H and O–H groups in total. The third-order valence-corrected chi connectivity index (χ3v) is 2.93. The Morgan fingerprint density at radius 2 is 2.20 bits per heavy atom. The van der Waals surface area contributed by atoms with Gasteiger partial charge < -0.3 is 9.15 Å². The van der Waals surface area contributed by atoms with Crippen LogP contribution < -0.4 is 4.74 Å². The molecular formula is C15H13FN2O2. The van der Waals surface area contributed by atoms with Crippen molar-refractivity contribution in [2.45, 2.75) is 20.0 Å². The van der Waals surface area contributed by atoms with Crippen molar-refractivity contribution in [2.75, 3.05) is 0 Å². The zero-order valence-corrected chi connectivity index (χ0v) is 11.0. The topological polar surface area (TPSA) is 48.2 Å². The number of aromatic nitrogens is 2. The first kappa shape index (κ1) is 12.6. The minimum absolute atomic E-state index is 0.186. The predicted molar refractivity (Wildman–Crippen MR) is 71.9 cm³/mol. The third kappa shape index (κ3) is 2.61. The fraction of sp³-hybridized carbons (Fsp3) is 0.200. The Bertz CT molecular complexity index is 740. The van der Waals surface area contributed by atoms with Crippen LogP contribution in [0.15, 0.2) is 40.9 Å². The average Bonchev–Trinajstić information content (AvgIpc) is 2.87. The summed E-state index contributed by atoms with van der Waals surface area (Å²) >= 11 is 0. The molecule has 0 unspecified atom stereocenters. The Hall–Kier alpha value is -2.43. The number of oxazole rings is 1. The Kier molecular flexibility index (Phi) is 3.33. The SMILES string of the molecule is CCc1cccc(OCc2nc3cc(F)cnc3o2)c1. The number of fused-ring (bicyclic) bond motifs is 1. The molecule has 0 aliphatic carbocycles. The van der Waals surface area contributed by atoms with Gasteiger partial charge in [-0.2, -0.15) is 0 Å². The van der Waals surface area contributed by atoms with Gasteiger partial charge in [-0.25, -0.2) is 14.4 Å². The van der Waals surface area contributed by atoms with E-state index >= 15 is 0 Å². The summed E-state index contributed by atoms with van der Waals surface area (Å²) in [6, 6.07) is 9.11. The van der Waals surface area contributed by atoms with Gasteiger partial charge in [0.05, 0.1) is 6.20 Å². The summed E-state index contributed by atoms with van der Waals surface area (Å²) in [7, 11) is 0. The second kappa shape index (κ2) is 5.28. The van der Waals surface area contributed by atoms with Crippen molar-refractivity contribution in [3.63, 3.8) is 0 Å². The number of hydrogen-bond acceptors (Lipinski definition) is 4. The van der Waals surface area contributed by atoms with Crippen molar-refractivity contribution in [1.29, 1.82) is 0 Å². The first-order chi connectivity index (χ1) is 9.74. The molecule has 0 saturated carbocycles. The maximum Gasteiger partial charge on any atom is 0.247 e. The number of nitrogens with zero attached hydrogens (tertiary/aromatic N) is 2. The molecule has 20 heavy (non-hydrogen) atoms. The van der Waals surface area contributed by atoms with Gasteiger partial charge in [0.25, 0.3) is 0 Å². The summed E-state index contributed by atoms with van der Waals surface area (Å²) in [6.07, 6.45) is 2.05. The first-order valence-electron chi connectivity index (χ1n) is 6.37. The van der Waals surface area contributed by atoms with Gasteiger partial charge in [-0.05, 0) is 24.1 Å². The van der Waals surface area contributed by atoms with Crippen LogP contribution in [0.2, 0.25) is 0 Å². The number of ether oxygens (including phenoxy) is 1. The van der Waals surface area contributed by atoms with E-state index in [2.05, 4.69) is 16.9 Å². The quantitative estimate of drug-likeness (QED) is 0.729. The summed E-state index contributed by atoms with van der Waals surface area (Å²) in [4.78, 5) is 7.96. The lowest BCUT2D eigenvalue weighted by Crippen LogP contribution is -1.95. The van der Waals surface area contributed by atoms with Crippen LogP contribution in [0.1, 0.15) is 18.4 Å². The molecule has 3 aromatic rings. The highest BCUT2D eigenvalue weighted by Crippen LogP contribution is 2.18. The highest BCUT2D eigenvalue weighted by atomic mass is 19.1. The molecule has 0 aliphatic rings. The van der Waals surface area contributed by atoms with E-state index in [0.29, 0.717) is 17.1 Å². The Morgan fingerprint density at radius 1 is 1.30 bits per heavy atom. The van der Waals surface area contributed by atoms with Crippen LogP contribution in [-0.2, 0) is 13.0 Å². The molecule has 0 radical (unpaired) electrons. The second-order valence-electron chi connectivity index (χ2n) is 4.38. The minimum atomic E-state index is -0.436. The van der Waals surface area contributed by atoms with E-state index in [-0.39, 0.29) is 6.61 Å². The number of benzene rings is 1. The maximum atomic E-state index is 13.0. The molecule has 1 aromatic carbocycles. The largest absolute Gasteiger partial charge is 0.484 e. The lowest BCUT2D eigenvalue weighted by atomic mass is 10.2. The zero-order chi connectivity index (χ0) is 13.9. The van der Waals surface area contributed by atoms with Crippen LogP contribution in [-0.4, -0.2) is 9.97 Å². The molecular weight excluding hydrogens is 259 g/mol. The van der Waals surface area contributed by atoms with E-state index in [1.54, 1.807) is 0 Å².